The third-order valence-electron chi connectivity index (χ3n) is 8.85. The van der Waals surface area contributed by atoms with Gasteiger partial charge in [-0.1, -0.05) is 0 Å². The molecular formula is C25H48OSn. The summed E-state index contributed by atoms with van der Waals surface area (Å²) in [6.07, 6.45) is 29.0. The van der Waals surface area contributed by atoms with E-state index in [0.717, 1.165) is 15.9 Å². The number of ether oxygens (including phenoxy) is 1. The molecule has 0 N–H and O–H groups in total. The average Bonchev–Trinajstić information content (AvgIpc) is 2.75. The van der Waals surface area contributed by atoms with E-state index in [1.54, 1.807) is 38.5 Å². The fourth-order valence-electron chi connectivity index (χ4n) is 7.75. The molecule has 1 atom stereocenters. The summed E-state index contributed by atoms with van der Waals surface area (Å²) in [5, 5.41) is 0. The molecule has 0 saturated heterocycles. The van der Waals surface area contributed by atoms with Gasteiger partial charge in [-0.25, -0.2) is 0 Å². The standard InChI is InChI=1S/C7H15O.3C6H11.Sn/c1-3-4-5-6-7-8-2;3*1-2-4-6-5-3-1;/h7H,3-6H2,1-2H3;3*1H,2-6H2;. The molecule has 0 radical (unpaired) electrons. The maximum atomic E-state index is 6.62. The van der Waals surface area contributed by atoms with Crippen LogP contribution in [-0.4, -0.2) is 29.6 Å². The van der Waals surface area contributed by atoms with E-state index >= 15 is 0 Å². The summed E-state index contributed by atoms with van der Waals surface area (Å²) in [6.45, 7) is 2.36. The quantitative estimate of drug-likeness (QED) is 0.236. The summed E-state index contributed by atoms with van der Waals surface area (Å²) in [7, 11) is 2.12. The zero-order valence-corrected chi connectivity index (χ0v) is 21.5. The van der Waals surface area contributed by atoms with Gasteiger partial charge in [-0.2, -0.15) is 0 Å². The van der Waals surface area contributed by atoms with E-state index in [-0.39, 0.29) is 0 Å². The van der Waals surface area contributed by atoms with Crippen molar-refractivity contribution in [2.75, 3.05) is 7.11 Å². The van der Waals surface area contributed by atoms with Crippen LogP contribution in [0.4, 0.5) is 0 Å². The van der Waals surface area contributed by atoms with Crippen LogP contribution in [0.1, 0.15) is 129 Å². The Kier molecular flexibility index (Phi) is 9.82. The van der Waals surface area contributed by atoms with Crippen LogP contribution in [0, 0.1) is 0 Å². The molecule has 3 saturated carbocycles. The zero-order chi connectivity index (χ0) is 19.0. The van der Waals surface area contributed by atoms with Gasteiger partial charge < -0.3 is 0 Å². The topological polar surface area (TPSA) is 9.23 Å². The molecule has 1 nitrogen and oxygen atoms in total. The van der Waals surface area contributed by atoms with Gasteiger partial charge in [-0.3, -0.25) is 0 Å². The van der Waals surface area contributed by atoms with Gasteiger partial charge in [0.25, 0.3) is 0 Å². The van der Waals surface area contributed by atoms with E-state index in [2.05, 4.69) is 14.0 Å². The summed E-state index contributed by atoms with van der Waals surface area (Å²) in [4.78, 5) is 0. The minimum absolute atomic E-state index is 0.736. The van der Waals surface area contributed by atoms with Crippen LogP contribution >= 0.6 is 0 Å². The van der Waals surface area contributed by atoms with Crippen molar-refractivity contribution in [3.63, 3.8) is 0 Å². The molecule has 0 aromatic carbocycles. The SMILES string of the molecule is CCCCC[CH](OC)[Sn]([CH]1CCCCC1)([CH]1CCCCC1)[CH]1CCCCC1. The molecular weight excluding hydrogens is 435 g/mol. The number of methoxy groups -OCH3 is 1. The van der Waals surface area contributed by atoms with E-state index in [0.29, 0.717) is 0 Å². The number of rotatable bonds is 9. The van der Waals surface area contributed by atoms with Crippen LogP contribution in [0.15, 0.2) is 0 Å². The van der Waals surface area contributed by atoms with Gasteiger partial charge in [0.1, 0.15) is 0 Å². The Balaban J connectivity index is 1.95. The molecule has 3 aliphatic carbocycles. The van der Waals surface area contributed by atoms with E-state index in [1.165, 1.54) is 83.5 Å². The van der Waals surface area contributed by atoms with Crippen LogP contribution < -0.4 is 0 Å². The van der Waals surface area contributed by atoms with Crippen LogP contribution in [0.25, 0.3) is 0 Å². The molecule has 0 amide bonds. The molecule has 2 heteroatoms. The third-order valence-corrected chi connectivity index (χ3v) is 30.6. The normalized spacial score (nSPS) is 25.6. The molecule has 0 aromatic rings. The van der Waals surface area contributed by atoms with Gasteiger partial charge in [0.2, 0.25) is 0 Å². The molecule has 0 bridgehead atoms. The number of hydrogen-bond donors (Lipinski definition) is 0. The number of unbranched alkanes of at least 4 members (excludes halogenated alkanes) is 2. The monoisotopic (exact) mass is 484 g/mol. The van der Waals surface area contributed by atoms with E-state index in [1.807, 2.05) is 0 Å². The van der Waals surface area contributed by atoms with E-state index in [9.17, 15) is 0 Å². The fraction of sp³-hybridized carbons (Fsp3) is 1.00. The van der Waals surface area contributed by atoms with Crippen molar-refractivity contribution in [2.45, 2.75) is 145 Å². The molecule has 27 heavy (non-hydrogen) atoms. The molecule has 3 rings (SSSR count). The molecule has 0 spiro atoms. The average molecular weight is 483 g/mol. The minimum atomic E-state index is -2.52. The first kappa shape index (κ1) is 22.4. The molecule has 158 valence electrons. The molecule has 0 aromatic heterocycles. The molecule has 3 fully saturated rings. The van der Waals surface area contributed by atoms with E-state index < -0.39 is 18.4 Å². The predicted octanol–water partition coefficient (Wildman–Crippen LogP) is 8.57. The van der Waals surface area contributed by atoms with Crippen molar-refractivity contribution in [1.29, 1.82) is 0 Å². The van der Waals surface area contributed by atoms with Crippen molar-refractivity contribution in [3.05, 3.63) is 0 Å². The van der Waals surface area contributed by atoms with Crippen molar-refractivity contribution in [2.24, 2.45) is 0 Å². The summed E-state index contributed by atoms with van der Waals surface area (Å²) in [5.74, 6) is 0. The Morgan fingerprint density at radius 3 is 1.41 bits per heavy atom. The van der Waals surface area contributed by atoms with Crippen molar-refractivity contribution in [1.82, 2.24) is 0 Å². The fourth-order valence-corrected chi connectivity index (χ4v) is 33.2. The maximum absolute atomic E-state index is 6.62. The van der Waals surface area contributed by atoms with E-state index in [4.69, 9.17) is 4.74 Å². The van der Waals surface area contributed by atoms with Crippen LogP contribution in [0.3, 0.4) is 0 Å². The summed E-state index contributed by atoms with van der Waals surface area (Å²) in [5.41, 5.74) is 0. The van der Waals surface area contributed by atoms with Gasteiger partial charge in [-0.15, -0.1) is 0 Å². The van der Waals surface area contributed by atoms with Crippen LogP contribution in [0.2, 0.25) is 11.8 Å². The van der Waals surface area contributed by atoms with Crippen molar-refractivity contribution < 1.29 is 4.74 Å². The van der Waals surface area contributed by atoms with Crippen LogP contribution in [-0.2, 0) is 4.74 Å². The van der Waals surface area contributed by atoms with Crippen molar-refractivity contribution >= 4 is 18.4 Å². The first-order valence-electron chi connectivity index (χ1n) is 12.9. The summed E-state index contributed by atoms with van der Waals surface area (Å²) in [6, 6.07) is 0. The Bertz CT molecular complexity index is 346. The second-order valence-corrected chi connectivity index (χ2v) is 24.8. The van der Waals surface area contributed by atoms with Gasteiger partial charge >= 0.3 is 175 Å². The summed E-state index contributed by atoms with van der Waals surface area (Å²) >= 11 is -2.52. The second kappa shape index (κ2) is 11.8. The first-order valence-corrected chi connectivity index (χ1v) is 19.5. The van der Waals surface area contributed by atoms with Crippen LogP contribution in [0.5, 0.6) is 0 Å². The zero-order valence-electron chi connectivity index (χ0n) is 18.7. The Morgan fingerprint density at radius 1 is 0.667 bits per heavy atom. The molecule has 0 heterocycles. The predicted molar refractivity (Wildman–Crippen MR) is 121 cm³/mol. The Morgan fingerprint density at radius 2 is 1.07 bits per heavy atom. The molecule has 3 aliphatic rings. The van der Waals surface area contributed by atoms with Crippen molar-refractivity contribution in [3.8, 4) is 0 Å². The summed E-state index contributed by atoms with van der Waals surface area (Å²) < 4.78 is 10.8. The van der Waals surface area contributed by atoms with Gasteiger partial charge in [0.15, 0.2) is 0 Å². The molecule has 1 unspecified atom stereocenters. The molecule has 0 aliphatic heterocycles. The first-order chi connectivity index (χ1) is 13.3. The van der Waals surface area contributed by atoms with Gasteiger partial charge in [0.05, 0.1) is 0 Å². The third kappa shape index (κ3) is 5.28. The Labute approximate surface area is 174 Å². The Hall–Kier alpha value is 0.759. The second-order valence-electron chi connectivity index (χ2n) is 10.2. The van der Waals surface area contributed by atoms with Gasteiger partial charge in [-0.05, 0) is 0 Å². The van der Waals surface area contributed by atoms with Gasteiger partial charge in [0, 0.05) is 0 Å². The number of hydrogen-bond acceptors (Lipinski definition) is 1.